The minimum Gasteiger partial charge on any atom is -0.495 e. The van der Waals surface area contributed by atoms with Gasteiger partial charge in [-0.25, -0.2) is 0 Å². The highest BCUT2D eigenvalue weighted by molar-refractivity contribution is 9.10. The maximum atomic E-state index is 6.33. The van der Waals surface area contributed by atoms with Crippen molar-refractivity contribution in [3.63, 3.8) is 0 Å². The second kappa shape index (κ2) is 6.48. The molecule has 2 N–H and O–H groups in total. The first-order valence-corrected chi connectivity index (χ1v) is 7.17. The molecule has 20 heavy (non-hydrogen) atoms. The molecule has 2 aromatic carbocycles. The van der Waals surface area contributed by atoms with Crippen LogP contribution in [0.1, 0.15) is 17.2 Å². The second-order valence-electron chi connectivity index (χ2n) is 4.20. The van der Waals surface area contributed by atoms with Gasteiger partial charge in [0.25, 0.3) is 0 Å². The van der Waals surface area contributed by atoms with E-state index in [0.29, 0.717) is 16.5 Å². The van der Waals surface area contributed by atoms with Crippen LogP contribution in [0.2, 0.25) is 5.02 Å². The lowest BCUT2D eigenvalue weighted by Crippen LogP contribution is -2.14. The van der Waals surface area contributed by atoms with Crippen molar-refractivity contribution in [2.75, 3.05) is 14.2 Å². The molecule has 0 fully saturated rings. The fourth-order valence-corrected chi connectivity index (χ4v) is 3.00. The van der Waals surface area contributed by atoms with E-state index in [2.05, 4.69) is 15.9 Å². The number of hydrogen-bond acceptors (Lipinski definition) is 3. The predicted octanol–water partition coefficient (Wildman–Crippen LogP) is 4.17. The van der Waals surface area contributed by atoms with Crippen LogP contribution in [0.3, 0.4) is 0 Å². The fraction of sp³-hybridized carbons (Fsp3) is 0.200. The smallest absolute Gasteiger partial charge is 0.141 e. The third-order valence-electron chi connectivity index (χ3n) is 3.09. The van der Waals surface area contributed by atoms with Gasteiger partial charge in [0, 0.05) is 10.6 Å². The summed E-state index contributed by atoms with van der Waals surface area (Å²) < 4.78 is 11.4. The van der Waals surface area contributed by atoms with Crippen LogP contribution < -0.4 is 15.2 Å². The molecule has 2 aromatic rings. The lowest BCUT2D eigenvalue weighted by molar-refractivity contribution is 0.385. The molecule has 0 bridgehead atoms. The van der Waals surface area contributed by atoms with Gasteiger partial charge < -0.3 is 15.2 Å². The van der Waals surface area contributed by atoms with Crippen LogP contribution in [0.25, 0.3) is 0 Å². The topological polar surface area (TPSA) is 44.5 Å². The first kappa shape index (κ1) is 15.2. The second-order valence-corrected chi connectivity index (χ2v) is 5.40. The molecule has 0 aliphatic heterocycles. The number of methoxy groups -OCH3 is 2. The number of halogens is 2. The number of benzene rings is 2. The normalized spacial score (nSPS) is 12.1. The van der Waals surface area contributed by atoms with Gasteiger partial charge in [-0.2, -0.15) is 0 Å². The Kier molecular flexibility index (Phi) is 4.91. The first-order valence-electron chi connectivity index (χ1n) is 6.00. The summed E-state index contributed by atoms with van der Waals surface area (Å²) in [5, 5.41) is 0.633. The summed E-state index contributed by atoms with van der Waals surface area (Å²) in [6.45, 7) is 0. The molecule has 0 spiro atoms. The highest BCUT2D eigenvalue weighted by Crippen LogP contribution is 2.41. The Balaban J connectivity index is 2.53. The molecule has 5 heteroatoms. The van der Waals surface area contributed by atoms with Crippen molar-refractivity contribution in [3.05, 3.63) is 57.0 Å². The third-order valence-corrected chi connectivity index (χ3v) is 4.19. The number of rotatable bonds is 4. The Labute approximate surface area is 131 Å². The van der Waals surface area contributed by atoms with Gasteiger partial charge in [-0.1, -0.05) is 29.8 Å². The number of hydrogen-bond donors (Lipinski definition) is 1. The molecule has 2 rings (SSSR count). The number of ether oxygens (including phenoxy) is 2. The molecule has 0 aromatic heterocycles. The molecule has 0 aliphatic rings. The van der Waals surface area contributed by atoms with Crippen molar-refractivity contribution < 1.29 is 9.47 Å². The minimum absolute atomic E-state index is 0.374. The van der Waals surface area contributed by atoms with E-state index in [1.54, 1.807) is 14.2 Å². The minimum atomic E-state index is -0.374. The Morgan fingerprint density at radius 1 is 1.05 bits per heavy atom. The van der Waals surface area contributed by atoms with E-state index in [1.807, 2.05) is 36.4 Å². The maximum absolute atomic E-state index is 6.33. The molecular weight excluding hydrogens is 342 g/mol. The van der Waals surface area contributed by atoms with Crippen molar-refractivity contribution in [2.24, 2.45) is 5.73 Å². The van der Waals surface area contributed by atoms with E-state index in [9.17, 15) is 0 Å². The van der Waals surface area contributed by atoms with Crippen molar-refractivity contribution in [1.29, 1.82) is 0 Å². The van der Waals surface area contributed by atoms with Crippen molar-refractivity contribution in [3.8, 4) is 11.5 Å². The molecule has 0 radical (unpaired) electrons. The van der Waals surface area contributed by atoms with E-state index in [0.717, 1.165) is 15.6 Å². The zero-order valence-corrected chi connectivity index (χ0v) is 13.5. The summed E-state index contributed by atoms with van der Waals surface area (Å²) in [6.07, 6.45) is 0. The van der Waals surface area contributed by atoms with Crippen LogP contribution in [0, 0.1) is 0 Å². The standard InChI is InChI=1S/C15H15BrClNO2/c1-19-12-8-7-10(15(20-2)13(12)16)14(18)9-5-3-4-6-11(9)17/h3-8,14H,18H2,1-2H3. The third kappa shape index (κ3) is 2.77. The van der Waals surface area contributed by atoms with Gasteiger partial charge >= 0.3 is 0 Å². The van der Waals surface area contributed by atoms with Crippen LogP contribution in [0.15, 0.2) is 40.9 Å². The van der Waals surface area contributed by atoms with E-state index in [1.165, 1.54) is 0 Å². The summed E-state index contributed by atoms with van der Waals surface area (Å²) in [4.78, 5) is 0. The molecule has 0 saturated carbocycles. The Morgan fingerprint density at radius 2 is 1.75 bits per heavy atom. The zero-order valence-electron chi connectivity index (χ0n) is 11.2. The molecule has 1 unspecified atom stereocenters. The van der Waals surface area contributed by atoms with E-state index < -0.39 is 0 Å². The lowest BCUT2D eigenvalue weighted by atomic mass is 9.98. The van der Waals surface area contributed by atoms with Gasteiger partial charge in [-0.15, -0.1) is 0 Å². The highest BCUT2D eigenvalue weighted by atomic mass is 79.9. The van der Waals surface area contributed by atoms with Gasteiger partial charge in [0.1, 0.15) is 16.0 Å². The van der Waals surface area contributed by atoms with E-state index >= 15 is 0 Å². The largest absolute Gasteiger partial charge is 0.495 e. The van der Waals surface area contributed by atoms with Crippen LogP contribution in [0.4, 0.5) is 0 Å². The van der Waals surface area contributed by atoms with E-state index in [-0.39, 0.29) is 6.04 Å². The van der Waals surface area contributed by atoms with Gasteiger partial charge in [-0.05, 0) is 39.7 Å². The zero-order chi connectivity index (χ0) is 14.7. The van der Waals surface area contributed by atoms with Crippen LogP contribution in [0.5, 0.6) is 11.5 Å². The molecule has 106 valence electrons. The van der Waals surface area contributed by atoms with E-state index in [4.69, 9.17) is 26.8 Å². The Morgan fingerprint density at radius 3 is 2.35 bits per heavy atom. The fourth-order valence-electron chi connectivity index (χ4n) is 2.06. The van der Waals surface area contributed by atoms with Gasteiger partial charge in [-0.3, -0.25) is 0 Å². The Bertz CT molecular complexity index is 619. The summed E-state index contributed by atoms with van der Waals surface area (Å²) >= 11 is 9.68. The molecule has 0 heterocycles. The van der Waals surface area contributed by atoms with Gasteiger partial charge in [0.2, 0.25) is 0 Å². The summed E-state index contributed by atoms with van der Waals surface area (Å²) in [5.74, 6) is 1.34. The molecule has 1 atom stereocenters. The molecule has 3 nitrogen and oxygen atoms in total. The summed E-state index contributed by atoms with van der Waals surface area (Å²) in [7, 11) is 3.20. The molecule has 0 amide bonds. The van der Waals surface area contributed by atoms with Gasteiger partial charge in [0.15, 0.2) is 0 Å². The molecule has 0 aliphatic carbocycles. The average Bonchev–Trinajstić information content (AvgIpc) is 2.46. The quantitative estimate of drug-likeness (QED) is 0.894. The monoisotopic (exact) mass is 355 g/mol. The maximum Gasteiger partial charge on any atom is 0.141 e. The van der Waals surface area contributed by atoms with Crippen LogP contribution in [-0.4, -0.2) is 14.2 Å². The predicted molar refractivity (Wildman–Crippen MR) is 84.7 cm³/mol. The summed E-state index contributed by atoms with van der Waals surface area (Å²) in [5.41, 5.74) is 8.02. The first-order chi connectivity index (χ1) is 9.60. The van der Waals surface area contributed by atoms with Gasteiger partial charge in [0.05, 0.1) is 20.3 Å². The molecule has 0 saturated heterocycles. The van der Waals surface area contributed by atoms with Crippen molar-refractivity contribution >= 4 is 27.5 Å². The highest BCUT2D eigenvalue weighted by Gasteiger charge is 2.20. The summed E-state index contributed by atoms with van der Waals surface area (Å²) in [6, 6.07) is 10.9. The average molecular weight is 357 g/mol. The molecular formula is C15H15BrClNO2. The van der Waals surface area contributed by atoms with Crippen molar-refractivity contribution in [1.82, 2.24) is 0 Å². The number of nitrogens with two attached hydrogens (primary N) is 1. The SMILES string of the molecule is COc1ccc(C(N)c2ccccc2Cl)c(OC)c1Br. The van der Waals surface area contributed by atoms with Crippen molar-refractivity contribution in [2.45, 2.75) is 6.04 Å². The van der Waals surface area contributed by atoms with Crippen LogP contribution in [-0.2, 0) is 0 Å². The Hall–Kier alpha value is -1.23. The van der Waals surface area contributed by atoms with Crippen LogP contribution >= 0.6 is 27.5 Å². The lowest BCUT2D eigenvalue weighted by Gasteiger charge is -2.19.